The second-order valence-electron chi connectivity index (χ2n) is 6.35. The highest BCUT2D eigenvalue weighted by atomic mass is 16.3. The molecule has 1 aromatic carbocycles. The Labute approximate surface area is 118 Å². The van der Waals surface area contributed by atoms with E-state index in [1.807, 2.05) is 20.2 Å². The van der Waals surface area contributed by atoms with Gasteiger partial charge in [-0.25, -0.2) is 0 Å². The summed E-state index contributed by atoms with van der Waals surface area (Å²) in [4.78, 5) is 2.12. The van der Waals surface area contributed by atoms with Crippen LogP contribution in [0.2, 0.25) is 0 Å². The molecule has 2 nitrogen and oxygen atoms in total. The summed E-state index contributed by atoms with van der Waals surface area (Å²) in [5, 5.41) is 10.7. The molecule has 0 aromatic heterocycles. The average Bonchev–Trinajstić information content (AvgIpc) is 2.36. The molecule has 0 fully saturated rings. The Kier molecular flexibility index (Phi) is 5.57. The van der Waals surface area contributed by atoms with Gasteiger partial charge in [-0.05, 0) is 50.9 Å². The first kappa shape index (κ1) is 16.2. The number of rotatable bonds is 6. The Morgan fingerprint density at radius 1 is 1.26 bits per heavy atom. The fourth-order valence-corrected chi connectivity index (χ4v) is 2.47. The summed E-state index contributed by atoms with van der Waals surface area (Å²) in [6.45, 7) is 8.69. The van der Waals surface area contributed by atoms with Crippen molar-refractivity contribution in [3.63, 3.8) is 0 Å². The minimum Gasteiger partial charge on any atom is -0.386 e. The van der Waals surface area contributed by atoms with Crippen LogP contribution in [0.5, 0.6) is 0 Å². The molecule has 1 rings (SSSR count). The SMILES string of the molecule is CCC(C)(C(O)c1cccc(CC(C)C)c1)N(C)C. The van der Waals surface area contributed by atoms with Crippen molar-refractivity contribution in [1.82, 2.24) is 4.90 Å². The van der Waals surface area contributed by atoms with Gasteiger partial charge < -0.3 is 10.0 Å². The first-order valence-electron chi connectivity index (χ1n) is 7.25. The Balaban J connectivity index is 3.02. The van der Waals surface area contributed by atoms with Crippen LogP contribution in [0.25, 0.3) is 0 Å². The molecule has 0 spiro atoms. The normalized spacial score (nSPS) is 16.7. The first-order valence-corrected chi connectivity index (χ1v) is 7.25. The smallest absolute Gasteiger partial charge is 0.0970 e. The average molecular weight is 263 g/mol. The topological polar surface area (TPSA) is 23.5 Å². The van der Waals surface area contributed by atoms with Crippen LogP contribution in [-0.4, -0.2) is 29.6 Å². The van der Waals surface area contributed by atoms with Gasteiger partial charge in [-0.3, -0.25) is 0 Å². The molecule has 0 aliphatic heterocycles. The van der Waals surface area contributed by atoms with Gasteiger partial charge in [-0.15, -0.1) is 0 Å². The third kappa shape index (κ3) is 3.80. The van der Waals surface area contributed by atoms with Crippen LogP contribution in [0.1, 0.15) is 51.3 Å². The van der Waals surface area contributed by atoms with E-state index in [9.17, 15) is 5.11 Å². The Bertz CT molecular complexity index is 400. The van der Waals surface area contributed by atoms with Crippen LogP contribution in [0, 0.1) is 5.92 Å². The predicted molar refractivity (Wildman–Crippen MR) is 82.3 cm³/mol. The molecule has 0 radical (unpaired) electrons. The predicted octanol–water partition coefficient (Wildman–Crippen LogP) is 3.65. The quantitative estimate of drug-likeness (QED) is 0.847. The maximum atomic E-state index is 10.7. The lowest BCUT2D eigenvalue weighted by Gasteiger charge is -2.40. The summed E-state index contributed by atoms with van der Waals surface area (Å²) in [6.07, 6.45) is 1.51. The highest BCUT2D eigenvalue weighted by Crippen LogP contribution is 2.33. The number of aliphatic hydroxyl groups is 1. The minimum atomic E-state index is -0.459. The summed E-state index contributed by atoms with van der Waals surface area (Å²) in [5.74, 6) is 0.638. The standard InChI is InChI=1S/C17H29NO/c1-7-17(4,18(5)6)16(19)15-10-8-9-14(12-15)11-13(2)3/h8-10,12-13,16,19H,7,11H2,1-6H3. The van der Waals surface area contributed by atoms with E-state index in [0.717, 1.165) is 18.4 Å². The summed E-state index contributed by atoms with van der Waals surface area (Å²) in [5.41, 5.74) is 2.11. The summed E-state index contributed by atoms with van der Waals surface area (Å²) >= 11 is 0. The van der Waals surface area contributed by atoms with Crippen molar-refractivity contribution in [2.75, 3.05) is 14.1 Å². The third-order valence-electron chi connectivity index (χ3n) is 4.24. The molecular formula is C17H29NO. The molecule has 0 aliphatic carbocycles. The molecular weight excluding hydrogens is 234 g/mol. The molecule has 0 bridgehead atoms. The monoisotopic (exact) mass is 263 g/mol. The van der Waals surface area contributed by atoms with Gasteiger partial charge in [0.1, 0.15) is 0 Å². The maximum Gasteiger partial charge on any atom is 0.0970 e. The van der Waals surface area contributed by atoms with E-state index in [2.05, 4.69) is 50.8 Å². The minimum absolute atomic E-state index is 0.226. The van der Waals surface area contributed by atoms with Crippen molar-refractivity contribution in [3.8, 4) is 0 Å². The molecule has 2 unspecified atom stereocenters. The maximum absolute atomic E-state index is 10.7. The largest absolute Gasteiger partial charge is 0.386 e. The lowest BCUT2D eigenvalue weighted by atomic mass is 9.85. The Hall–Kier alpha value is -0.860. The van der Waals surface area contributed by atoms with Crippen LogP contribution < -0.4 is 0 Å². The second kappa shape index (κ2) is 6.53. The van der Waals surface area contributed by atoms with Crippen LogP contribution in [-0.2, 0) is 6.42 Å². The van der Waals surface area contributed by atoms with Crippen LogP contribution in [0.15, 0.2) is 24.3 Å². The van der Waals surface area contributed by atoms with Gasteiger partial charge in [0, 0.05) is 5.54 Å². The van der Waals surface area contributed by atoms with E-state index in [0.29, 0.717) is 5.92 Å². The number of hydrogen-bond acceptors (Lipinski definition) is 2. The molecule has 19 heavy (non-hydrogen) atoms. The number of nitrogens with zero attached hydrogens (tertiary/aromatic N) is 1. The van der Waals surface area contributed by atoms with Gasteiger partial charge in [-0.2, -0.15) is 0 Å². The lowest BCUT2D eigenvalue weighted by molar-refractivity contribution is 0.000823. The van der Waals surface area contributed by atoms with E-state index in [1.165, 1.54) is 5.56 Å². The molecule has 0 amide bonds. The van der Waals surface area contributed by atoms with E-state index in [-0.39, 0.29) is 5.54 Å². The molecule has 0 heterocycles. The molecule has 1 aromatic rings. The Morgan fingerprint density at radius 3 is 2.37 bits per heavy atom. The summed E-state index contributed by atoms with van der Waals surface area (Å²) in [7, 11) is 4.06. The van der Waals surface area contributed by atoms with Crippen molar-refractivity contribution in [1.29, 1.82) is 0 Å². The zero-order chi connectivity index (χ0) is 14.6. The van der Waals surface area contributed by atoms with E-state index in [4.69, 9.17) is 0 Å². The van der Waals surface area contributed by atoms with Gasteiger partial charge in [0.15, 0.2) is 0 Å². The van der Waals surface area contributed by atoms with E-state index in [1.54, 1.807) is 0 Å². The molecule has 0 aliphatic rings. The zero-order valence-electron chi connectivity index (χ0n) is 13.3. The second-order valence-corrected chi connectivity index (χ2v) is 6.35. The zero-order valence-corrected chi connectivity index (χ0v) is 13.3. The fraction of sp³-hybridized carbons (Fsp3) is 0.647. The number of aliphatic hydroxyl groups excluding tert-OH is 1. The highest BCUT2D eigenvalue weighted by Gasteiger charge is 2.34. The van der Waals surface area contributed by atoms with Crippen molar-refractivity contribution >= 4 is 0 Å². The molecule has 1 N–H and O–H groups in total. The number of hydrogen-bond donors (Lipinski definition) is 1. The van der Waals surface area contributed by atoms with Gasteiger partial charge in [0.2, 0.25) is 0 Å². The molecule has 0 saturated carbocycles. The Morgan fingerprint density at radius 2 is 1.89 bits per heavy atom. The van der Waals surface area contributed by atoms with Crippen molar-refractivity contribution in [3.05, 3.63) is 35.4 Å². The molecule has 2 atom stereocenters. The van der Waals surface area contributed by atoms with Crippen LogP contribution in [0.3, 0.4) is 0 Å². The molecule has 2 heteroatoms. The fourth-order valence-electron chi connectivity index (χ4n) is 2.47. The van der Waals surface area contributed by atoms with Crippen molar-refractivity contribution < 1.29 is 5.11 Å². The lowest BCUT2D eigenvalue weighted by Crippen LogP contribution is -2.46. The van der Waals surface area contributed by atoms with E-state index < -0.39 is 6.10 Å². The first-order chi connectivity index (χ1) is 8.81. The summed E-state index contributed by atoms with van der Waals surface area (Å²) in [6, 6.07) is 8.39. The summed E-state index contributed by atoms with van der Waals surface area (Å²) < 4.78 is 0. The van der Waals surface area contributed by atoms with Crippen molar-refractivity contribution in [2.45, 2.75) is 52.2 Å². The third-order valence-corrected chi connectivity index (χ3v) is 4.24. The van der Waals surface area contributed by atoms with Gasteiger partial charge in [-0.1, -0.05) is 45.0 Å². The van der Waals surface area contributed by atoms with Crippen LogP contribution in [0.4, 0.5) is 0 Å². The van der Waals surface area contributed by atoms with Gasteiger partial charge in [0.05, 0.1) is 6.10 Å². The number of likely N-dealkylation sites (N-methyl/N-ethyl adjacent to an activating group) is 1. The van der Waals surface area contributed by atoms with E-state index >= 15 is 0 Å². The van der Waals surface area contributed by atoms with Gasteiger partial charge >= 0.3 is 0 Å². The number of benzene rings is 1. The molecule has 108 valence electrons. The van der Waals surface area contributed by atoms with Crippen molar-refractivity contribution in [2.24, 2.45) is 5.92 Å². The molecule has 0 saturated heterocycles. The van der Waals surface area contributed by atoms with Gasteiger partial charge in [0.25, 0.3) is 0 Å². The highest BCUT2D eigenvalue weighted by molar-refractivity contribution is 5.27. The van der Waals surface area contributed by atoms with Crippen LogP contribution >= 0.6 is 0 Å².